The summed E-state index contributed by atoms with van der Waals surface area (Å²) >= 11 is 0. The van der Waals surface area contributed by atoms with Gasteiger partial charge in [0.2, 0.25) is 5.91 Å². The molecule has 0 fully saturated rings. The Labute approximate surface area is 416 Å². The summed E-state index contributed by atoms with van der Waals surface area (Å²) in [5, 5.41) is 23.1. The van der Waals surface area contributed by atoms with Crippen molar-refractivity contribution in [2.45, 2.75) is 302 Å². The average Bonchev–Trinajstić information content (AvgIpc) is 3.33. The smallest absolute Gasteiger partial charge is 0.305 e. The summed E-state index contributed by atoms with van der Waals surface area (Å²) in [6, 6.07) is -0.646. The van der Waals surface area contributed by atoms with Gasteiger partial charge in [-0.3, -0.25) is 9.59 Å². The molecule has 2 atom stereocenters. The lowest BCUT2D eigenvalue weighted by atomic mass is 10.0. The first-order chi connectivity index (χ1) is 33.0. The monoisotopic (exact) mass is 938 g/mol. The van der Waals surface area contributed by atoms with Crippen molar-refractivity contribution in [1.82, 2.24) is 5.32 Å². The minimum absolute atomic E-state index is 0.0308. The van der Waals surface area contributed by atoms with Crippen LogP contribution in [0.4, 0.5) is 0 Å². The molecule has 0 aliphatic heterocycles. The third-order valence-corrected chi connectivity index (χ3v) is 13.0. The van der Waals surface area contributed by atoms with Gasteiger partial charge in [-0.1, -0.05) is 242 Å². The molecule has 0 radical (unpaired) electrons. The van der Waals surface area contributed by atoms with Gasteiger partial charge in [0, 0.05) is 12.8 Å². The number of nitrogens with one attached hydrogen (secondary N) is 1. The number of hydrogen-bond donors (Lipinski definition) is 3. The van der Waals surface area contributed by atoms with Crippen LogP contribution in [0, 0.1) is 0 Å². The highest BCUT2D eigenvalue weighted by Gasteiger charge is 2.18. The molecule has 0 aromatic heterocycles. The van der Waals surface area contributed by atoms with E-state index in [-0.39, 0.29) is 18.5 Å². The summed E-state index contributed by atoms with van der Waals surface area (Å²) < 4.78 is 5.45. The van der Waals surface area contributed by atoms with Gasteiger partial charge < -0.3 is 20.3 Å². The van der Waals surface area contributed by atoms with E-state index in [1.807, 2.05) is 6.08 Å². The van der Waals surface area contributed by atoms with E-state index in [4.69, 9.17) is 4.74 Å². The second-order valence-electron chi connectivity index (χ2n) is 19.6. The van der Waals surface area contributed by atoms with E-state index in [1.165, 1.54) is 180 Å². The topological polar surface area (TPSA) is 95.9 Å². The maximum Gasteiger partial charge on any atom is 0.305 e. The SMILES string of the molecule is CCCCCC/C=C\C/C=C\CCCCCCCCCC(=O)OCCCCC/C=C\C=C/CCCCCCCCC(=O)NC(CO)C(O)/C=C/CCCCCCCCCCCCCCCCC. The Morgan fingerprint density at radius 3 is 1.24 bits per heavy atom. The zero-order chi connectivity index (χ0) is 48.6. The Hall–Kier alpha value is -2.44. The Morgan fingerprint density at radius 1 is 0.433 bits per heavy atom. The second kappa shape index (κ2) is 56.2. The molecule has 0 saturated carbocycles. The van der Waals surface area contributed by atoms with E-state index < -0.39 is 12.1 Å². The molecular weight excluding hydrogens is 827 g/mol. The number of amides is 1. The van der Waals surface area contributed by atoms with Crippen molar-refractivity contribution in [3.63, 3.8) is 0 Å². The predicted molar refractivity (Wildman–Crippen MR) is 292 cm³/mol. The molecule has 0 aromatic rings. The molecule has 0 aliphatic carbocycles. The number of aliphatic hydroxyl groups is 2. The van der Waals surface area contributed by atoms with Crippen LogP contribution in [-0.2, 0) is 14.3 Å². The summed E-state index contributed by atoms with van der Waals surface area (Å²) in [5.41, 5.74) is 0. The number of carbonyl (C=O) groups excluding carboxylic acids is 2. The molecule has 6 nitrogen and oxygen atoms in total. The van der Waals surface area contributed by atoms with Crippen LogP contribution in [0.25, 0.3) is 0 Å². The molecule has 3 N–H and O–H groups in total. The Kier molecular flexibility index (Phi) is 54.1. The van der Waals surface area contributed by atoms with E-state index in [9.17, 15) is 19.8 Å². The fraction of sp³-hybridized carbons (Fsp3) is 0.803. The number of rotatable bonds is 53. The van der Waals surface area contributed by atoms with Crippen LogP contribution in [0.3, 0.4) is 0 Å². The molecule has 0 rings (SSSR count). The Bertz CT molecular complexity index is 1170. The minimum atomic E-state index is -0.861. The summed E-state index contributed by atoms with van der Waals surface area (Å²) in [5.74, 6) is -0.122. The van der Waals surface area contributed by atoms with Gasteiger partial charge in [0.05, 0.1) is 25.4 Å². The van der Waals surface area contributed by atoms with E-state index in [0.29, 0.717) is 19.4 Å². The number of hydrogen-bond acceptors (Lipinski definition) is 5. The number of ether oxygens (including phenoxy) is 1. The van der Waals surface area contributed by atoms with Gasteiger partial charge in [-0.25, -0.2) is 0 Å². The molecule has 2 unspecified atom stereocenters. The number of carbonyl (C=O) groups is 2. The molecule has 0 aliphatic rings. The fourth-order valence-electron chi connectivity index (χ4n) is 8.54. The first-order valence-electron chi connectivity index (χ1n) is 29.1. The molecule has 1 amide bonds. The Balaban J connectivity index is 3.56. The molecular formula is C61H111NO5. The molecule has 0 spiro atoms. The van der Waals surface area contributed by atoms with Gasteiger partial charge in [0.25, 0.3) is 0 Å². The summed E-state index contributed by atoms with van der Waals surface area (Å²) in [4.78, 5) is 24.5. The Morgan fingerprint density at radius 2 is 0.791 bits per heavy atom. The van der Waals surface area contributed by atoms with Crippen LogP contribution in [0.15, 0.2) is 60.8 Å². The number of unbranched alkanes of at least 4 members (excludes halogenated alkanes) is 35. The third kappa shape index (κ3) is 52.8. The number of esters is 1. The zero-order valence-electron chi connectivity index (χ0n) is 44.4. The first-order valence-corrected chi connectivity index (χ1v) is 29.1. The van der Waals surface area contributed by atoms with Crippen molar-refractivity contribution in [2.24, 2.45) is 0 Å². The molecule has 390 valence electrons. The summed E-state index contributed by atoms with van der Waals surface area (Å²) in [7, 11) is 0. The molecule has 0 aromatic carbocycles. The average molecular weight is 939 g/mol. The molecule has 6 heteroatoms. The lowest BCUT2D eigenvalue weighted by molar-refractivity contribution is -0.143. The van der Waals surface area contributed by atoms with Crippen molar-refractivity contribution in [3.05, 3.63) is 60.8 Å². The largest absolute Gasteiger partial charge is 0.466 e. The van der Waals surface area contributed by atoms with Crippen LogP contribution in [0.1, 0.15) is 290 Å². The van der Waals surface area contributed by atoms with E-state index in [1.54, 1.807) is 6.08 Å². The zero-order valence-corrected chi connectivity index (χ0v) is 44.4. The number of aliphatic hydroxyl groups excluding tert-OH is 2. The van der Waals surface area contributed by atoms with Gasteiger partial charge in [0.15, 0.2) is 0 Å². The van der Waals surface area contributed by atoms with Gasteiger partial charge >= 0.3 is 5.97 Å². The van der Waals surface area contributed by atoms with Crippen molar-refractivity contribution in [2.75, 3.05) is 13.2 Å². The normalized spacial score (nSPS) is 13.1. The summed E-state index contributed by atoms with van der Waals surface area (Å²) in [6.07, 6.45) is 72.4. The predicted octanol–water partition coefficient (Wildman–Crippen LogP) is 18.0. The van der Waals surface area contributed by atoms with Crippen LogP contribution in [-0.4, -0.2) is 47.4 Å². The quantitative estimate of drug-likeness (QED) is 0.0244. The summed E-state index contributed by atoms with van der Waals surface area (Å²) in [6.45, 7) is 4.83. The van der Waals surface area contributed by atoms with Crippen LogP contribution >= 0.6 is 0 Å². The lowest BCUT2D eigenvalue weighted by Gasteiger charge is -2.20. The molecule has 0 bridgehead atoms. The van der Waals surface area contributed by atoms with Crippen molar-refractivity contribution in [3.8, 4) is 0 Å². The fourth-order valence-corrected chi connectivity index (χ4v) is 8.54. The molecule has 0 heterocycles. The maximum atomic E-state index is 12.5. The standard InChI is InChI=1S/C61H111NO5/c1-3-5-7-9-11-13-15-17-19-21-23-27-31-35-39-43-47-51-55-61(66)67-56-52-48-44-40-36-32-28-24-26-30-34-38-42-46-50-54-60(65)62-58(57-63)59(64)53-49-45-41-37-33-29-25-22-20-18-16-14-12-10-8-6-4-2/h13,15,19,21,24,28,32,36,49,53,58-59,63-64H,3-12,14,16-18,20,22-23,25-27,29-31,33-35,37-48,50-52,54-57H2,1-2H3,(H,62,65)/b15-13-,21-19-,28-24-,36-32-,53-49+. The van der Waals surface area contributed by atoms with Gasteiger partial charge in [-0.05, 0) is 96.3 Å². The highest BCUT2D eigenvalue weighted by Crippen LogP contribution is 2.15. The van der Waals surface area contributed by atoms with Crippen LogP contribution in [0.2, 0.25) is 0 Å². The number of allylic oxidation sites excluding steroid dienone is 9. The van der Waals surface area contributed by atoms with Crippen molar-refractivity contribution in [1.29, 1.82) is 0 Å². The highest BCUT2D eigenvalue weighted by atomic mass is 16.5. The molecule has 0 saturated heterocycles. The molecule has 67 heavy (non-hydrogen) atoms. The van der Waals surface area contributed by atoms with E-state index in [2.05, 4.69) is 67.8 Å². The van der Waals surface area contributed by atoms with Crippen molar-refractivity contribution < 1.29 is 24.5 Å². The van der Waals surface area contributed by atoms with Gasteiger partial charge in [-0.2, -0.15) is 0 Å². The highest BCUT2D eigenvalue weighted by molar-refractivity contribution is 5.76. The third-order valence-electron chi connectivity index (χ3n) is 13.0. The van der Waals surface area contributed by atoms with E-state index >= 15 is 0 Å². The van der Waals surface area contributed by atoms with Crippen LogP contribution in [0.5, 0.6) is 0 Å². The van der Waals surface area contributed by atoms with Crippen molar-refractivity contribution >= 4 is 11.9 Å². The van der Waals surface area contributed by atoms with Gasteiger partial charge in [-0.15, -0.1) is 0 Å². The van der Waals surface area contributed by atoms with Crippen LogP contribution < -0.4 is 5.32 Å². The van der Waals surface area contributed by atoms with E-state index in [0.717, 1.165) is 83.5 Å². The lowest BCUT2D eigenvalue weighted by Crippen LogP contribution is -2.45. The first kappa shape index (κ1) is 64.6. The van der Waals surface area contributed by atoms with Gasteiger partial charge in [0.1, 0.15) is 0 Å². The second-order valence-corrected chi connectivity index (χ2v) is 19.6. The maximum absolute atomic E-state index is 12.5. The minimum Gasteiger partial charge on any atom is -0.466 e.